The molecule has 0 atom stereocenters. The Hall–Kier alpha value is -2.75. The van der Waals surface area contributed by atoms with Crippen molar-refractivity contribution < 1.29 is 18.0 Å². The van der Waals surface area contributed by atoms with E-state index in [0.717, 1.165) is 31.9 Å². The van der Waals surface area contributed by atoms with Gasteiger partial charge in [0.2, 0.25) is 0 Å². The van der Waals surface area contributed by atoms with Crippen molar-refractivity contribution >= 4 is 29.0 Å². The van der Waals surface area contributed by atoms with Gasteiger partial charge in [-0.2, -0.15) is 18.3 Å². The van der Waals surface area contributed by atoms with E-state index in [1.807, 2.05) is 0 Å². The lowest BCUT2D eigenvalue weighted by molar-refractivity contribution is -0.140. The van der Waals surface area contributed by atoms with Crippen LogP contribution in [0.25, 0.3) is 5.65 Å². The molecule has 160 valence electrons. The van der Waals surface area contributed by atoms with Crippen LogP contribution >= 0.6 is 11.6 Å². The Balaban J connectivity index is 1.38. The first-order valence-corrected chi connectivity index (χ1v) is 9.90. The number of imidazole rings is 1. The van der Waals surface area contributed by atoms with E-state index in [2.05, 4.69) is 20.7 Å². The SMILES string of the molecule is Cn1cc(C(=O)N[C@H]2CC[C@@H](Nc3cccc4nc(C(F)(F)F)cn34)CC2)c(Cl)n1. The summed E-state index contributed by atoms with van der Waals surface area (Å²) < 4.78 is 41.8. The zero-order chi connectivity index (χ0) is 21.5. The van der Waals surface area contributed by atoms with Crippen LogP contribution in [0.4, 0.5) is 19.0 Å². The van der Waals surface area contributed by atoms with Crippen molar-refractivity contribution in [1.82, 2.24) is 24.5 Å². The highest BCUT2D eigenvalue weighted by Crippen LogP contribution is 2.30. The lowest BCUT2D eigenvalue weighted by Gasteiger charge is -2.30. The van der Waals surface area contributed by atoms with E-state index in [4.69, 9.17) is 11.6 Å². The zero-order valence-electron chi connectivity index (χ0n) is 16.1. The first kappa shape index (κ1) is 20.5. The Bertz CT molecular complexity index is 1070. The molecule has 0 bridgehead atoms. The Morgan fingerprint density at radius 2 is 1.87 bits per heavy atom. The van der Waals surface area contributed by atoms with Crippen LogP contribution in [0.1, 0.15) is 41.7 Å². The summed E-state index contributed by atoms with van der Waals surface area (Å²) in [5.41, 5.74) is -0.342. The monoisotopic (exact) mass is 440 g/mol. The molecule has 0 radical (unpaired) electrons. The second-order valence-electron chi connectivity index (χ2n) is 7.44. The number of nitrogens with one attached hydrogen (secondary N) is 2. The largest absolute Gasteiger partial charge is 0.434 e. The summed E-state index contributed by atoms with van der Waals surface area (Å²) in [5, 5.41) is 10.4. The van der Waals surface area contributed by atoms with Gasteiger partial charge in [0, 0.05) is 31.5 Å². The van der Waals surface area contributed by atoms with Crippen LogP contribution in [-0.2, 0) is 13.2 Å². The Morgan fingerprint density at radius 3 is 2.50 bits per heavy atom. The summed E-state index contributed by atoms with van der Waals surface area (Å²) >= 11 is 5.97. The third kappa shape index (κ3) is 4.23. The predicted octanol–water partition coefficient (Wildman–Crippen LogP) is 3.89. The molecule has 0 spiro atoms. The maximum absolute atomic E-state index is 13.0. The molecule has 0 aliphatic heterocycles. The van der Waals surface area contributed by atoms with Crippen molar-refractivity contribution in [1.29, 1.82) is 0 Å². The molecule has 7 nitrogen and oxygen atoms in total. The van der Waals surface area contributed by atoms with Crippen LogP contribution in [-0.4, -0.2) is 37.2 Å². The molecule has 1 fully saturated rings. The zero-order valence-corrected chi connectivity index (χ0v) is 16.8. The molecule has 3 aromatic rings. The molecule has 1 saturated carbocycles. The number of nitrogens with zero attached hydrogens (tertiary/aromatic N) is 4. The Morgan fingerprint density at radius 1 is 1.17 bits per heavy atom. The van der Waals surface area contributed by atoms with Crippen molar-refractivity contribution in [3.63, 3.8) is 0 Å². The second kappa shape index (κ2) is 7.82. The number of amides is 1. The Kier molecular flexibility index (Phi) is 5.35. The minimum absolute atomic E-state index is 0.00712. The highest BCUT2D eigenvalue weighted by atomic mass is 35.5. The fourth-order valence-corrected chi connectivity index (χ4v) is 3.99. The average molecular weight is 441 g/mol. The van der Waals surface area contributed by atoms with Gasteiger partial charge in [0.05, 0.1) is 5.56 Å². The average Bonchev–Trinajstić information content (AvgIpc) is 3.27. The van der Waals surface area contributed by atoms with E-state index in [9.17, 15) is 18.0 Å². The molecular weight excluding hydrogens is 421 g/mol. The van der Waals surface area contributed by atoms with Crippen LogP contribution in [0.15, 0.2) is 30.6 Å². The molecule has 0 unspecified atom stereocenters. The summed E-state index contributed by atoms with van der Waals surface area (Å²) in [5.74, 6) is 0.303. The van der Waals surface area contributed by atoms with Crippen molar-refractivity contribution in [3.05, 3.63) is 47.0 Å². The van der Waals surface area contributed by atoms with Gasteiger partial charge < -0.3 is 10.6 Å². The number of alkyl halides is 3. The number of rotatable bonds is 4. The lowest BCUT2D eigenvalue weighted by Crippen LogP contribution is -2.40. The highest BCUT2D eigenvalue weighted by Gasteiger charge is 2.34. The first-order valence-electron chi connectivity index (χ1n) is 9.52. The smallest absolute Gasteiger partial charge is 0.368 e. The third-order valence-electron chi connectivity index (χ3n) is 5.23. The molecule has 11 heteroatoms. The number of halogens is 4. The van der Waals surface area contributed by atoms with E-state index in [0.29, 0.717) is 11.4 Å². The van der Waals surface area contributed by atoms with Gasteiger partial charge in [-0.3, -0.25) is 13.9 Å². The maximum atomic E-state index is 13.0. The van der Waals surface area contributed by atoms with Crippen molar-refractivity contribution in [2.45, 2.75) is 43.9 Å². The van der Waals surface area contributed by atoms with Crippen molar-refractivity contribution in [2.75, 3.05) is 5.32 Å². The van der Waals surface area contributed by atoms with Crippen LogP contribution < -0.4 is 10.6 Å². The molecule has 1 amide bonds. The normalized spacial score (nSPS) is 19.8. The van der Waals surface area contributed by atoms with E-state index >= 15 is 0 Å². The highest BCUT2D eigenvalue weighted by molar-refractivity contribution is 6.32. The summed E-state index contributed by atoms with van der Waals surface area (Å²) in [7, 11) is 1.69. The third-order valence-corrected chi connectivity index (χ3v) is 5.50. The number of hydrogen-bond donors (Lipinski definition) is 2. The van der Waals surface area contributed by atoms with Gasteiger partial charge >= 0.3 is 6.18 Å². The van der Waals surface area contributed by atoms with E-state index in [1.165, 1.54) is 15.1 Å². The molecule has 0 saturated heterocycles. The molecule has 0 aromatic carbocycles. The van der Waals surface area contributed by atoms with E-state index in [1.54, 1.807) is 25.4 Å². The quantitative estimate of drug-likeness (QED) is 0.645. The van der Waals surface area contributed by atoms with Gasteiger partial charge in [-0.25, -0.2) is 4.98 Å². The molecule has 3 heterocycles. The number of carbonyl (C=O) groups excluding carboxylic acids is 1. The number of hydrogen-bond acceptors (Lipinski definition) is 4. The van der Waals surface area contributed by atoms with Crippen molar-refractivity contribution in [2.24, 2.45) is 7.05 Å². The molecular formula is C19H20ClF3N6O. The van der Waals surface area contributed by atoms with Gasteiger partial charge in [-0.05, 0) is 37.8 Å². The first-order chi connectivity index (χ1) is 14.2. The van der Waals surface area contributed by atoms with E-state index in [-0.39, 0.29) is 28.8 Å². The topological polar surface area (TPSA) is 76.2 Å². The molecule has 1 aliphatic rings. The van der Waals surface area contributed by atoms with Gasteiger partial charge in [0.15, 0.2) is 10.8 Å². The standard InChI is InChI=1S/C19H20ClF3N6O/c1-28-9-13(17(20)27-28)18(30)25-12-7-5-11(6-8-12)24-15-3-2-4-16-26-14(10-29(15)16)19(21,22)23/h2-4,9-12,24H,5-8H2,1H3,(H,25,30)/t11-,12+. The van der Waals surface area contributed by atoms with Crippen LogP contribution in [0.3, 0.4) is 0 Å². The molecule has 4 rings (SSSR count). The molecule has 1 aliphatic carbocycles. The molecule has 3 aromatic heterocycles. The molecule has 2 N–H and O–H groups in total. The summed E-state index contributed by atoms with van der Waals surface area (Å²) in [4.78, 5) is 16.0. The fourth-order valence-electron chi connectivity index (χ4n) is 3.73. The summed E-state index contributed by atoms with van der Waals surface area (Å²) in [6.07, 6.45) is 1.11. The predicted molar refractivity (Wildman–Crippen MR) is 106 cm³/mol. The van der Waals surface area contributed by atoms with Gasteiger partial charge in [0.1, 0.15) is 11.5 Å². The second-order valence-corrected chi connectivity index (χ2v) is 7.79. The van der Waals surface area contributed by atoms with Gasteiger partial charge in [-0.1, -0.05) is 17.7 Å². The van der Waals surface area contributed by atoms with Crippen LogP contribution in [0.5, 0.6) is 0 Å². The van der Waals surface area contributed by atoms with Crippen LogP contribution in [0, 0.1) is 0 Å². The summed E-state index contributed by atoms with van der Waals surface area (Å²) in [6.45, 7) is 0. The summed E-state index contributed by atoms with van der Waals surface area (Å²) in [6, 6.07) is 5.04. The number of aromatic nitrogens is 4. The minimum Gasteiger partial charge on any atom is -0.368 e. The number of fused-ring (bicyclic) bond motifs is 1. The lowest BCUT2D eigenvalue weighted by atomic mass is 9.91. The van der Waals surface area contributed by atoms with E-state index < -0.39 is 11.9 Å². The van der Waals surface area contributed by atoms with Crippen LogP contribution in [0.2, 0.25) is 5.15 Å². The number of anilines is 1. The fraction of sp³-hybridized carbons (Fsp3) is 0.421. The van der Waals surface area contributed by atoms with Gasteiger partial charge in [-0.15, -0.1) is 0 Å². The number of aryl methyl sites for hydroxylation is 1. The van der Waals surface area contributed by atoms with Crippen molar-refractivity contribution in [3.8, 4) is 0 Å². The minimum atomic E-state index is -4.49. The van der Waals surface area contributed by atoms with Gasteiger partial charge in [0.25, 0.3) is 5.91 Å². The number of pyridine rings is 1. The number of carbonyl (C=O) groups is 1. The maximum Gasteiger partial charge on any atom is 0.434 e. The molecule has 30 heavy (non-hydrogen) atoms. The Labute approximate surface area is 175 Å².